The highest BCUT2D eigenvalue weighted by atomic mass is 19.3. The van der Waals surface area contributed by atoms with Crippen LogP contribution in [0.25, 0.3) is 10.9 Å². The summed E-state index contributed by atoms with van der Waals surface area (Å²) in [4.78, 5) is 18.3. The number of aromatic nitrogens is 3. The molecule has 0 aromatic carbocycles. The van der Waals surface area contributed by atoms with Crippen molar-refractivity contribution in [3.8, 4) is 0 Å². The van der Waals surface area contributed by atoms with E-state index in [-0.39, 0.29) is 6.42 Å². The fourth-order valence-electron chi connectivity index (χ4n) is 5.51. The fourth-order valence-corrected chi connectivity index (χ4v) is 5.51. The van der Waals surface area contributed by atoms with Gasteiger partial charge in [-0.25, -0.2) is 23.7 Å². The number of fused-ring (bicyclic) bond motifs is 1. The molecule has 168 valence electrons. The summed E-state index contributed by atoms with van der Waals surface area (Å²) in [5.74, 6) is -0.447. The zero-order chi connectivity index (χ0) is 21.8. The van der Waals surface area contributed by atoms with Crippen molar-refractivity contribution in [1.29, 1.82) is 0 Å². The van der Waals surface area contributed by atoms with Gasteiger partial charge in [0.2, 0.25) is 5.95 Å². The molecule has 5 rings (SSSR count). The van der Waals surface area contributed by atoms with Crippen molar-refractivity contribution in [2.45, 2.75) is 57.4 Å². The van der Waals surface area contributed by atoms with E-state index in [0.29, 0.717) is 31.5 Å². The Balaban J connectivity index is 1.34. The van der Waals surface area contributed by atoms with E-state index in [4.69, 9.17) is 9.97 Å². The van der Waals surface area contributed by atoms with Crippen LogP contribution < -0.4 is 10.2 Å². The van der Waals surface area contributed by atoms with Gasteiger partial charge in [-0.1, -0.05) is 0 Å². The van der Waals surface area contributed by atoms with Crippen LogP contribution >= 0.6 is 0 Å². The summed E-state index contributed by atoms with van der Waals surface area (Å²) in [5.41, 5.74) is 0.754. The van der Waals surface area contributed by atoms with Crippen LogP contribution in [0.5, 0.6) is 0 Å². The van der Waals surface area contributed by atoms with E-state index in [2.05, 4.69) is 29.3 Å². The van der Waals surface area contributed by atoms with E-state index in [1.165, 1.54) is 12.8 Å². The summed E-state index contributed by atoms with van der Waals surface area (Å²) >= 11 is 0. The highest BCUT2D eigenvalue weighted by Crippen LogP contribution is 2.65. The molecule has 6 nitrogen and oxygen atoms in total. The monoisotopic (exact) mass is 430 g/mol. The second-order valence-corrected chi connectivity index (χ2v) is 10.2. The number of hydrogen-bond donors (Lipinski definition) is 1. The summed E-state index contributed by atoms with van der Waals surface area (Å²) < 4.78 is 27.8. The van der Waals surface area contributed by atoms with Crippen LogP contribution in [0.3, 0.4) is 0 Å². The van der Waals surface area contributed by atoms with Crippen LogP contribution in [0.4, 0.5) is 20.5 Å². The van der Waals surface area contributed by atoms with Gasteiger partial charge in [0.25, 0.3) is 5.92 Å². The lowest BCUT2D eigenvalue weighted by atomic mass is 9.86. The second-order valence-electron chi connectivity index (χ2n) is 10.2. The first-order chi connectivity index (χ1) is 14.7. The maximum Gasteiger partial charge on any atom is 0.256 e. The molecule has 3 heterocycles. The Labute approximate surface area is 182 Å². The number of hydrogen-bond acceptors (Lipinski definition) is 6. The van der Waals surface area contributed by atoms with Gasteiger partial charge in [0, 0.05) is 49.4 Å². The first kappa shape index (κ1) is 20.8. The minimum Gasteiger partial charge on any atom is -0.354 e. The lowest BCUT2D eigenvalue weighted by Crippen LogP contribution is -2.31. The average Bonchev–Trinajstić information content (AvgIpc) is 3.03. The first-order valence-electron chi connectivity index (χ1n) is 11.4. The number of halogens is 2. The molecule has 0 bridgehead atoms. The third-order valence-corrected chi connectivity index (χ3v) is 7.34. The molecular formula is C23H32F2N6. The molecule has 1 saturated heterocycles. The topological polar surface area (TPSA) is 57.2 Å². The van der Waals surface area contributed by atoms with Crippen LogP contribution in [-0.4, -0.2) is 65.5 Å². The molecule has 3 aliphatic rings. The molecule has 0 amide bonds. The number of nitrogens with zero attached hydrogens (tertiary/aromatic N) is 5. The summed E-state index contributed by atoms with van der Waals surface area (Å²) in [6.45, 7) is 4.03. The first-order valence-corrected chi connectivity index (χ1v) is 11.4. The molecule has 2 aromatic rings. The summed E-state index contributed by atoms with van der Waals surface area (Å²) in [6, 6.07) is 2.34. The Hall–Kier alpha value is -2.09. The van der Waals surface area contributed by atoms with E-state index >= 15 is 0 Å². The molecular weight excluding hydrogens is 398 g/mol. The molecule has 2 saturated carbocycles. The molecule has 1 aliphatic heterocycles. The number of anilines is 2. The molecule has 1 unspecified atom stereocenters. The maximum absolute atomic E-state index is 13.9. The molecule has 1 atom stereocenters. The van der Waals surface area contributed by atoms with Crippen LogP contribution in [0, 0.1) is 18.3 Å². The number of rotatable bonds is 5. The Morgan fingerprint density at radius 3 is 2.58 bits per heavy atom. The van der Waals surface area contributed by atoms with Crippen LogP contribution in [0.2, 0.25) is 0 Å². The van der Waals surface area contributed by atoms with E-state index in [1.54, 1.807) is 0 Å². The Morgan fingerprint density at radius 2 is 1.94 bits per heavy atom. The molecule has 1 spiro atoms. The third-order valence-electron chi connectivity index (χ3n) is 7.34. The minimum absolute atomic E-state index is 0.00145. The second kappa shape index (κ2) is 7.50. The Morgan fingerprint density at radius 1 is 1.19 bits per heavy atom. The molecule has 0 radical (unpaired) electrons. The molecule has 3 fully saturated rings. The highest BCUT2D eigenvalue weighted by Gasteiger charge is 2.72. The Kier molecular flexibility index (Phi) is 5.03. The lowest BCUT2D eigenvalue weighted by Gasteiger charge is -2.30. The van der Waals surface area contributed by atoms with Gasteiger partial charge in [-0.15, -0.1) is 0 Å². The number of aryl methyl sites for hydroxylation is 1. The fraction of sp³-hybridized carbons (Fsp3) is 0.696. The van der Waals surface area contributed by atoms with Crippen LogP contribution in [-0.2, 0) is 0 Å². The van der Waals surface area contributed by atoms with Crippen molar-refractivity contribution in [3.63, 3.8) is 0 Å². The van der Waals surface area contributed by atoms with Gasteiger partial charge in [-0.3, -0.25) is 0 Å². The minimum atomic E-state index is -2.53. The zero-order valence-corrected chi connectivity index (χ0v) is 18.7. The van der Waals surface area contributed by atoms with Gasteiger partial charge in [0.05, 0.1) is 5.41 Å². The van der Waals surface area contributed by atoms with Crippen molar-refractivity contribution in [3.05, 3.63) is 18.0 Å². The van der Waals surface area contributed by atoms with Crippen molar-refractivity contribution in [2.24, 2.45) is 11.3 Å². The molecule has 8 heteroatoms. The average molecular weight is 431 g/mol. The summed E-state index contributed by atoms with van der Waals surface area (Å²) in [5, 5.41) is 4.43. The molecule has 2 aliphatic carbocycles. The summed E-state index contributed by atoms with van der Waals surface area (Å²) in [6.07, 6.45) is 6.99. The third kappa shape index (κ3) is 3.95. The largest absolute Gasteiger partial charge is 0.354 e. The van der Waals surface area contributed by atoms with Crippen molar-refractivity contribution >= 4 is 22.7 Å². The molecule has 1 N–H and O–H groups in total. The maximum atomic E-state index is 13.9. The van der Waals surface area contributed by atoms with Crippen molar-refractivity contribution in [1.82, 2.24) is 19.9 Å². The van der Waals surface area contributed by atoms with Gasteiger partial charge in [-0.2, -0.15) is 0 Å². The summed E-state index contributed by atoms with van der Waals surface area (Å²) in [7, 11) is 4.26. The lowest BCUT2D eigenvalue weighted by molar-refractivity contribution is 0.0711. The van der Waals surface area contributed by atoms with E-state index in [9.17, 15) is 8.78 Å². The van der Waals surface area contributed by atoms with Crippen LogP contribution in [0.15, 0.2) is 12.3 Å². The van der Waals surface area contributed by atoms with Gasteiger partial charge >= 0.3 is 0 Å². The van der Waals surface area contributed by atoms with E-state index in [0.717, 1.165) is 47.7 Å². The highest BCUT2D eigenvalue weighted by molar-refractivity contribution is 5.89. The standard InChI is InChI=1S/C23H32F2N6/c1-15-10-17-11-26-21(28-18-6-4-16(5-7-18)12-30(2)3)29-19(17)20(27-15)31-9-8-22(14-31)13-23(22,24)25/h10-11,16,18H,4-9,12-14H2,1-3H3,(H,26,28,29)/t16-,18-,22?. The number of alkyl halides is 2. The smallest absolute Gasteiger partial charge is 0.256 e. The van der Waals surface area contributed by atoms with Crippen molar-refractivity contribution < 1.29 is 8.78 Å². The van der Waals surface area contributed by atoms with Gasteiger partial charge in [-0.05, 0) is 65.1 Å². The number of nitrogens with one attached hydrogen (secondary N) is 1. The van der Waals surface area contributed by atoms with Crippen molar-refractivity contribution in [2.75, 3.05) is 43.9 Å². The van der Waals surface area contributed by atoms with E-state index < -0.39 is 11.3 Å². The molecule has 2 aromatic heterocycles. The predicted octanol–water partition coefficient (Wildman–Crippen LogP) is 4.10. The SMILES string of the molecule is Cc1cc2cnc(N[C@H]3CC[C@H](CN(C)C)CC3)nc2c(N2CCC3(C2)CC3(F)F)n1. The van der Waals surface area contributed by atoms with Crippen LogP contribution in [0.1, 0.15) is 44.2 Å². The molecule has 31 heavy (non-hydrogen) atoms. The number of pyridine rings is 1. The van der Waals surface area contributed by atoms with Gasteiger partial charge in [0.15, 0.2) is 5.82 Å². The normalized spacial score (nSPS) is 29.8. The quantitative estimate of drug-likeness (QED) is 0.771. The van der Waals surface area contributed by atoms with E-state index in [1.807, 2.05) is 24.1 Å². The van der Waals surface area contributed by atoms with Gasteiger partial charge in [0.1, 0.15) is 5.52 Å². The predicted molar refractivity (Wildman–Crippen MR) is 119 cm³/mol. The van der Waals surface area contributed by atoms with Gasteiger partial charge < -0.3 is 15.1 Å². The Bertz CT molecular complexity index is 972. The zero-order valence-electron chi connectivity index (χ0n) is 18.7.